The molecule has 0 unspecified atom stereocenters. The Balaban J connectivity index is 4.12. The van der Waals surface area contributed by atoms with E-state index >= 15 is 0 Å². The summed E-state index contributed by atoms with van der Waals surface area (Å²) in [6.07, 6.45) is 1.35. The van der Waals surface area contributed by atoms with Crippen molar-refractivity contribution in [2.24, 2.45) is 0 Å². The van der Waals surface area contributed by atoms with Crippen molar-refractivity contribution in [2.45, 2.75) is 71.0 Å². The number of carbonyl (C=O) groups excluding carboxylic acids is 1. The predicted octanol–water partition coefficient (Wildman–Crippen LogP) is 4.09. The molecule has 0 saturated carbocycles. The lowest BCUT2D eigenvalue weighted by molar-refractivity contribution is -0.140. The van der Waals surface area contributed by atoms with E-state index in [0.29, 0.717) is 19.3 Å². The molecule has 0 spiro atoms. The van der Waals surface area contributed by atoms with Gasteiger partial charge in [-0.25, -0.2) is 0 Å². The van der Waals surface area contributed by atoms with E-state index in [0.717, 1.165) is 25.7 Å². The minimum Gasteiger partial charge on any atom is -0.469 e. The molecule has 0 atom stereocenters. The maximum Gasteiger partial charge on any atom is 0.305 e. The predicted molar refractivity (Wildman–Crippen MR) is 87.2 cm³/mol. The van der Waals surface area contributed by atoms with Crippen LogP contribution in [0.5, 0.6) is 0 Å². The van der Waals surface area contributed by atoms with Gasteiger partial charge in [0.05, 0.1) is 16.2 Å². The van der Waals surface area contributed by atoms with Crippen LogP contribution in [0.2, 0.25) is 0 Å². The highest BCUT2D eigenvalue weighted by Gasteiger charge is 1.98. The smallest absolute Gasteiger partial charge is 0.305 e. The van der Waals surface area contributed by atoms with Crippen molar-refractivity contribution in [3.05, 3.63) is 0 Å². The van der Waals surface area contributed by atoms with Crippen LogP contribution >= 0.6 is 0 Å². The molecule has 0 rings (SSSR count). The molecule has 21 heavy (non-hydrogen) atoms. The summed E-state index contributed by atoms with van der Waals surface area (Å²) in [5.74, 6) is 15.0. The number of hydrogen-bond donors (Lipinski definition) is 0. The molecule has 0 amide bonds. The Hall–Kier alpha value is -1.85. The highest BCUT2D eigenvalue weighted by molar-refractivity contribution is 5.68. The number of methoxy groups -OCH3 is 1. The van der Waals surface area contributed by atoms with Crippen molar-refractivity contribution in [2.75, 3.05) is 7.11 Å². The topological polar surface area (TPSA) is 26.3 Å². The molecule has 0 aromatic carbocycles. The molecule has 0 saturated heterocycles. The molecule has 2 nitrogen and oxygen atoms in total. The van der Waals surface area contributed by atoms with Crippen LogP contribution < -0.4 is 0 Å². The van der Waals surface area contributed by atoms with E-state index in [9.17, 15) is 4.79 Å². The number of ether oxygens (including phenoxy) is 1. The van der Waals surface area contributed by atoms with Crippen molar-refractivity contribution in [3.63, 3.8) is 0 Å². The van der Waals surface area contributed by atoms with Crippen LogP contribution in [0.3, 0.4) is 0 Å². The Bertz CT molecular complexity index is 592. The van der Waals surface area contributed by atoms with Gasteiger partial charge >= 0.3 is 5.97 Å². The van der Waals surface area contributed by atoms with Gasteiger partial charge in [-0.15, -0.1) is 23.7 Å². The fourth-order valence-electron chi connectivity index (χ4n) is 1.42. The lowest BCUT2D eigenvalue weighted by Gasteiger charge is -1.98. The van der Waals surface area contributed by atoms with Gasteiger partial charge in [0.2, 0.25) is 0 Å². The zero-order chi connectivity index (χ0) is 19.2. The second-order valence-electron chi connectivity index (χ2n) is 4.23. The highest BCUT2D eigenvalue weighted by atomic mass is 16.5. The molecule has 0 aliphatic rings. The summed E-state index contributed by atoms with van der Waals surface area (Å²) < 4.78 is 35.2. The average Bonchev–Trinajstić information content (AvgIpc) is 2.56. The fourth-order valence-corrected chi connectivity index (χ4v) is 1.42. The van der Waals surface area contributed by atoms with Crippen LogP contribution in [0.25, 0.3) is 0 Å². The average molecular weight is 290 g/mol. The van der Waals surface area contributed by atoms with Crippen LogP contribution in [0.4, 0.5) is 0 Å². The third-order valence-electron chi connectivity index (χ3n) is 2.50. The summed E-state index contributed by atoms with van der Waals surface area (Å²) in [4.78, 5) is 10.9. The largest absolute Gasteiger partial charge is 0.469 e. The Labute approximate surface area is 135 Å². The maximum atomic E-state index is 10.9. The van der Waals surface area contributed by atoms with E-state index in [1.165, 1.54) is 7.11 Å². The quantitative estimate of drug-likeness (QED) is 0.401. The molecule has 0 aromatic rings. The van der Waals surface area contributed by atoms with E-state index in [2.05, 4.69) is 40.3 Å². The van der Waals surface area contributed by atoms with Gasteiger partial charge < -0.3 is 4.74 Å². The summed E-state index contributed by atoms with van der Waals surface area (Å²) in [5, 5.41) is 0. The van der Waals surface area contributed by atoms with Gasteiger partial charge in [-0.05, 0) is 12.8 Å². The Morgan fingerprint density at radius 3 is 2.43 bits per heavy atom. The van der Waals surface area contributed by atoms with Crippen LogP contribution in [0, 0.1) is 35.5 Å². The summed E-state index contributed by atoms with van der Waals surface area (Å²) in [7, 11) is 1.38. The van der Waals surface area contributed by atoms with Gasteiger partial charge in [0.25, 0.3) is 0 Å². The lowest BCUT2D eigenvalue weighted by Crippen LogP contribution is -1.98. The van der Waals surface area contributed by atoms with Crippen LogP contribution in [-0.4, -0.2) is 13.1 Å². The molecule has 2 heteroatoms. The molecule has 0 fully saturated rings. The van der Waals surface area contributed by atoms with Crippen molar-refractivity contribution >= 4 is 5.97 Å². The first-order valence-corrected chi connectivity index (χ1v) is 7.29. The standard InChI is InChI=1S/C19H26O2/c1-3-4-5-6-7-8-9-10-11-12-13-14-15-16-17-18-19(20)21-2/h3,6,9-10,13-18H2,1-2H3/i6D2,9D2. The molecule has 0 heterocycles. The summed E-state index contributed by atoms with van der Waals surface area (Å²) in [6, 6.07) is 0. The SMILES string of the molecule is [2H]C([2H])(C#CCC)C#CC([2H])([2H])CC#CCCCCCCC(=O)OC. The zero-order valence-electron chi connectivity index (χ0n) is 17.0. The maximum absolute atomic E-state index is 10.9. The zero-order valence-corrected chi connectivity index (χ0v) is 13.0. The van der Waals surface area contributed by atoms with E-state index in [1.54, 1.807) is 0 Å². The molecule has 0 aromatic heterocycles. The normalized spacial score (nSPS) is 12.7. The van der Waals surface area contributed by atoms with Crippen molar-refractivity contribution in [1.29, 1.82) is 0 Å². The van der Waals surface area contributed by atoms with Crippen LogP contribution in [0.15, 0.2) is 0 Å². The molecule has 0 radical (unpaired) electrons. The van der Waals surface area contributed by atoms with Gasteiger partial charge in [0, 0.05) is 34.8 Å². The number of esters is 1. The van der Waals surface area contributed by atoms with Crippen LogP contribution in [0.1, 0.15) is 76.5 Å². The third-order valence-corrected chi connectivity index (χ3v) is 2.50. The first kappa shape index (κ1) is 12.9. The van der Waals surface area contributed by atoms with Gasteiger partial charge in [0.15, 0.2) is 0 Å². The van der Waals surface area contributed by atoms with Crippen molar-refractivity contribution < 1.29 is 15.0 Å². The molecule has 0 aliphatic carbocycles. The van der Waals surface area contributed by atoms with Gasteiger partial charge in [-0.3, -0.25) is 4.79 Å². The second-order valence-corrected chi connectivity index (χ2v) is 4.23. The summed E-state index contributed by atoms with van der Waals surface area (Å²) in [5.41, 5.74) is 0. The fraction of sp³-hybridized carbons (Fsp3) is 0.632. The molecule has 0 N–H and O–H groups in total. The first-order valence-electron chi connectivity index (χ1n) is 9.29. The van der Waals surface area contributed by atoms with Gasteiger partial charge in [0.1, 0.15) is 0 Å². The van der Waals surface area contributed by atoms with E-state index < -0.39 is 12.7 Å². The Morgan fingerprint density at radius 2 is 1.67 bits per heavy atom. The molecule has 0 bridgehead atoms. The lowest BCUT2D eigenvalue weighted by atomic mass is 10.1. The van der Waals surface area contributed by atoms with Crippen molar-refractivity contribution in [1.82, 2.24) is 0 Å². The highest BCUT2D eigenvalue weighted by Crippen LogP contribution is 2.05. The van der Waals surface area contributed by atoms with E-state index in [1.807, 2.05) is 6.92 Å². The number of unbranched alkanes of at least 4 members (excludes halogenated alkanes) is 4. The number of hydrogen-bond acceptors (Lipinski definition) is 2. The van der Waals surface area contributed by atoms with Gasteiger partial charge in [-0.1, -0.05) is 31.6 Å². The molecular formula is C19H26O2. The second kappa shape index (κ2) is 16.2. The van der Waals surface area contributed by atoms with E-state index in [-0.39, 0.29) is 12.4 Å². The Morgan fingerprint density at radius 1 is 0.952 bits per heavy atom. The molecular weight excluding hydrogens is 260 g/mol. The number of carbonyl (C=O) groups is 1. The molecule has 114 valence electrons. The van der Waals surface area contributed by atoms with Gasteiger partial charge in [-0.2, -0.15) is 0 Å². The monoisotopic (exact) mass is 290 g/mol. The van der Waals surface area contributed by atoms with Crippen molar-refractivity contribution in [3.8, 4) is 35.5 Å². The molecule has 0 aliphatic heterocycles. The Kier molecular flexibility index (Phi) is 9.92. The minimum absolute atomic E-state index is 0.0559. The summed E-state index contributed by atoms with van der Waals surface area (Å²) in [6.45, 7) is 1.81. The first-order chi connectivity index (χ1) is 11.7. The third kappa shape index (κ3) is 16.1. The van der Waals surface area contributed by atoms with Crippen LogP contribution in [-0.2, 0) is 9.53 Å². The minimum atomic E-state index is -2.00. The summed E-state index contributed by atoms with van der Waals surface area (Å²) >= 11 is 0. The van der Waals surface area contributed by atoms with E-state index in [4.69, 9.17) is 5.48 Å². The number of rotatable bonds is 7.